The molecule has 0 heterocycles. The van der Waals surface area contributed by atoms with Crippen LogP contribution in [0.15, 0.2) is 29.3 Å². The first-order valence-electron chi connectivity index (χ1n) is 7.35. The molecule has 0 aliphatic carbocycles. The minimum Gasteiger partial charge on any atom is -0.371 e. The Labute approximate surface area is 128 Å². The van der Waals surface area contributed by atoms with Gasteiger partial charge in [-0.25, -0.2) is 4.99 Å². The summed E-state index contributed by atoms with van der Waals surface area (Å²) in [5.74, 6) is 0.471. The SMILES string of the molecule is CC(C)(C)NC(N)=NCc1cccc(COC(C)(C)C)c1. The number of hydrogen-bond acceptors (Lipinski definition) is 2. The van der Waals surface area contributed by atoms with Gasteiger partial charge >= 0.3 is 0 Å². The molecule has 0 radical (unpaired) electrons. The molecule has 4 heteroatoms. The second kappa shape index (κ2) is 6.94. The van der Waals surface area contributed by atoms with E-state index in [1.807, 2.05) is 6.07 Å². The number of nitrogens with one attached hydrogen (secondary N) is 1. The third kappa shape index (κ3) is 8.35. The maximum absolute atomic E-state index is 5.88. The van der Waals surface area contributed by atoms with E-state index in [0.29, 0.717) is 19.1 Å². The van der Waals surface area contributed by atoms with Gasteiger partial charge in [-0.3, -0.25) is 0 Å². The number of nitrogens with zero attached hydrogens (tertiary/aromatic N) is 1. The highest BCUT2D eigenvalue weighted by atomic mass is 16.5. The molecular formula is C17H29N3O. The van der Waals surface area contributed by atoms with E-state index in [0.717, 1.165) is 11.1 Å². The summed E-state index contributed by atoms with van der Waals surface area (Å²) in [6, 6.07) is 8.25. The van der Waals surface area contributed by atoms with Crippen LogP contribution in [0.4, 0.5) is 0 Å². The summed E-state index contributed by atoms with van der Waals surface area (Å²) in [5.41, 5.74) is 7.95. The van der Waals surface area contributed by atoms with Crippen LogP contribution in [-0.4, -0.2) is 17.1 Å². The fraction of sp³-hybridized carbons (Fsp3) is 0.588. The topological polar surface area (TPSA) is 59.6 Å². The number of nitrogens with two attached hydrogens (primary N) is 1. The lowest BCUT2D eigenvalue weighted by molar-refractivity contribution is -0.0149. The molecule has 1 aromatic carbocycles. The summed E-state index contributed by atoms with van der Waals surface area (Å²) in [4.78, 5) is 4.37. The molecule has 0 spiro atoms. The van der Waals surface area contributed by atoms with Crippen molar-refractivity contribution in [2.24, 2.45) is 10.7 Å². The van der Waals surface area contributed by atoms with E-state index in [-0.39, 0.29) is 11.1 Å². The molecule has 0 saturated heterocycles. The van der Waals surface area contributed by atoms with Crippen molar-refractivity contribution in [2.45, 2.75) is 65.8 Å². The third-order valence-corrected chi connectivity index (χ3v) is 2.60. The average Bonchev–Trinajstić information content (AvgIpc) is 2.32. The lowest BCUT2D eigenvalue weighted by atomic mass is 10.1. The molecule has 0 unspecified atom stereocenters. The molecule has 0 aliphatic rings. The predicted octanol–water partition coefficient (Wildman–Crippen LogP) is 3.20. The monoisotopic (exact) mass is 291 g/mol. The van der Waals surface area contributed by atoms with Crippen LogP contribution in [0, 0.1) is 0 Å². The van der Waals surface area contributed by atoms with Crippen molar-refractivity contribution < 1.29 is 4.74 Å². The normalized spacial score (nSPS) is 13.3. The molecule has 0 atom stereocenters. The Morgan fingerprint density at radius 3 is 2.33 bits per heavy atom. The van der Waals surface area contributed by atoms with Crippen LogP contribution in [0.2, 0.25) is 0 Å². The first kappa shape index (κ1) is 17.5. The van der Waals surface area contributed by atoms with Crippen LogP contribution in [0.25, 0.3) is 0 Å². The lowest BCUT2D eigenvalue weighted by Crippen LogP contribution is -2.44. The van der Waals surface area contributed by atoms with Gasteiger partial charge in [0.1, 0.15) is 0 Å². The molecule has 0 bridgehead atoms. The highest BCUT2D eigenvalue weighted by Crippen LogP contribution is 2.13. The van der Waals surface area contributed by atoms with E-state index in [4.69, 9.17) is 10.5 Å². The van der Waals surface area contributed by atoms with Gasteiger partial charge in [0.2, 0.25) is 0 Å². The van der Waals surface area contributed by atoms with Crippen LogP contribution in [-0.2, 0) is 17.9 Å². The van der Waals surface area contributed by atoms with Crippen molar-refractivity contribution >= 4 is 5.96 Å². The number of ether oxygens (including phenoxy) is 1. The highest BCUT2D eigenvalue weighted by molar-refractivity contribution is 5.78. The molecule has 4 nitrogen and oxygen atoms in total. The highest BCUT2D eigenvalue weighted by Gasteiger charge is 2.11. The van der Waals surface area contributed by atoms with E-state index in [2.05, 4.69) is 70.1 Å². The summed E-state index contributed by atoms with van der Waals surface area (Å²) in [6.07, 6.45) is 0. The first-order valence-corrected chi connectivity index (χ1v) is 7.35. The quantitative estimate of drug-likeness (QED) is 0.661. The summed E-state index contributed by atoms with van der Waals surface area (Å²) >= 11 is 0. The lowest BCUT2D eigenvalue weighted by Gasteiger charge is -2.21. The summed E-state index contributed by atoms with van der Waals surface area (Å²) in [7, 11) is 0. The molecule has 0 fully saturated rings. The molecular weight excluding hydrogens is 262 g/mol. The van der Waals surface area contributed by atoms with Crippen molar-refractivity contribution in [1.82, 2.24) is 5.32 Å². The number of benzene rings is 1. The predicted molar refractivity (Wildman–Crippen MR) is 89.2 cm³/mol. The van der Waals surface area contributed by atoms with E-state index >= 15 is 0 Å². The molecule has 1 rings (SSSR count). The molecule has 1 aromatic rings. The Morgan fingerprint density at radius 2 is 1.76 bits per heavy atom. The Bertz CT molecular complexity index is 482. The maximum Gasteiger partial charge on any atom is 0.189 e. The van der Waals surface area contributed by atoms with Crippen LogP contribution < -0.4 is 11.1 Å². The Balaban J connectivity index is 2.62. The van der Waals surface area contributed by atoms with Crippen molar-refractivity contribution in [3.05, 3.63) is 35.4 Å². The van der Waals surface area contributed by atoms with Crippen molar-refractivity contribution in [3.8, 4) is 0 Å². The van der Waals surface area contributed by atoms with Gasteiger partial charge in [-0.2, -0.15) is 0 Å². The molecule has 0 amide bonds. The van der Waals surface area contributed by atoms with Crippen LogP contribution in [0.5, 0.6) is 0 Å². The van der Waals surface area contributed by atoms with E-state index < -0.39 is 0 Å². The number of rotatable bonds is 4. The van der Waals surface area contributed by atoms with Crippen molar-refractivity contribution in [3.63, 3.8) is 0 Å². The Hall–Kier alpha value is -1.55. The zero-order valence-electron chi connectivity index (χ0n) is 14.2. The summed E-state index contributed by atoms with van der Waals surface area (Å²) in [5, 5.41) is 3.15. The van der Waals surface area contributed by atoms with Gasteiger partial charge in [0.15, 0.2) is 5.96 Å². The van der Waals surface area contributed by atoms with Crippen LogP contribution in [0.3, 0.4) is 0 Å². The maximum atomic E-state index is 5.88. The van der Waals surface area contributed by atoms with Gasteiger partial charge in [0.25, 0.3) is 0 Å². The average molecular weight is 291 g/mol. The fourth-order valence-electron chi connectivity index (χ4n) is 1.72. The summed E-state index contributed by atoms with van der Waals surface area (Å²) in [6.45, 7) is 13.5. The summed E-state index contributed by atoms with van der Waals surface area (Å²) < 4.78 is 5.79. The molecule has 0 aromatic heterocycles. The van der Waals surface area contributed by atoms with Crippen LogP contribution >= 0.6 is 0 Å². The smallest absolute Gasteiger partial charge is 0.189 e. The second-order valence-electron chi connectivity index (χ2n) is 7.30. The van der Waals surface area contributed by atoms with Crippen molar-refractivity contribution in [2.75, 3.05) is 0 Å². The minimum atomic E-state index is -0.130. The van der Waals surface area contributed by atoms with Gasteiger partial charge < -0.3 is 15.8 Å². The molecule has 118 valence electrons. The second-order valence-corrected chi connectivity index (χ2v) is 7.30. The molecule has 3 N–H and O–H groups in total. The first-order chi connectivity index (χ1) is 9.55. The fourth-order valence-corrected chi connectivity index (χ4v) is 1.72. The number of guanidine groups is 1. The number of hydrogen-bond donors (Lipinski definition) is 2. The van der Waals surface area contributed by atoms with E-state index in [1.54, 1.807) is 0 Å². The van der Waals surface area contributed by atoms with Crippen molar-refractivity contribution in [1.29, 1.82) is 0 Å². The largest absolute Gasteiger partial charge is 0.371 e. The van der Waals surface area contributed by atoms with E-state index in [9.17, 15) is 0 Å². The molecule has 0 aliphatic heterocycles. The molecule has 21 heavy (non-hydrogen) atoms. The number of aliphatic imine (C=N–C) groups is 1. The minimum absolute atomic E-state index is 0.0734. The molecule has 0 saturated carbocycles. The van der Waals surface area contributed by atoms with Gasteiger partial charge in [-0.15, -0.1) is 0 Å². The zero-order chi connectivity index (χ0) is 16.1. The Kier molecular flexibility index (Phi) is 5.78. The Morgan fingerprint density at radius 1 is 1.14 bits per heavy atom. The third-order valence-electron chi connectivity index (χ3n) is 2.60. The van der Waals surface area contributed by atoms with Gasteiger partial charge in [0.05, 0.1) is 18.8 Å². The van der Waals surface area contributed by atoms with E-state index in [1.165, 1.54) is 0 Å². The zero-order valence-corrected chi connectivity index (χ0v) is 14.2. The van der Waals surface area contributed by atoms with Gasteiger partial charge in [0, 0.05) is 5.54 Å². The van der Waals surface area contributed by atoms with Crippen LogP contribution in [0.1, 0.15) is 52.7 Å². The van der Waals surface area contributed by atoms with Gasteiger partial charge in [-0.1, -0.05) is 24.3 Å². The standard InChI is InChI=1S/C17H29N3O/c1-16(2,3)20-15(18)19-11-13-8-7-9-14(10-13)12-21-17(4,5)6/h7-10H,11-12H2,1-6H3,(H3,18,19,20). The van der Waals surface area contributed by atoms with Gasteiger partial charge in [-0.05, 0) is 52.7 Å².